The molecule has 0 unspecified atom stereocenters. The highest BCUT2D eigenvalue weighted by atomic mass is 35.5. The molecule has 0 aromatic heterocycles. The maximum atomic E-state index is 12.1. The second-order valence-corrected chi connectivity index (χ2v) is 6.04. The minimum atomic E-state index is -0.426. The van der Waals surface area contributed by atoms with Crippen LogP contribution in [0.15, 0.2) is 78.9 Å². The first-order valence-electron chi connectivity index (χ1n) is 8.15. The molecular weight excluding hydrogens is 360 g/mol. The van der Waals surface area contributed by atoms with Crippen LogP contribution >= 0.6 is 11.6 Å². The molecule has 0 fully saturated rings. The molecule has 27 heavy (non-hydrogen) atoms. The van der Waals surface area contributed by atoms with Crippen LogP contribution in [-0.4, -0.2) is 11.8 Å². The third kappa shape index (κ3) is 5.21. The van der Waals surface area contributed by atoms with E-state index in [0.29, 0.717) is 16.1 Å². The maximum absolute atomic E-state index is 12.1. The molecule has 0 saturated carbocycles. The number of hydrogen-bond acceptors (Lipinski definition) is 2. The molecule has 0 atom stereocenters. The van der Waals surface area contributed by atoms with Crippen LogP contribution in [0.2, 0.25) is 5.02 Å². The molecule has 3 aromatic rings. The number of carbonyl (C=O) groups excluding carboxylic acids is 2. The Morgan fingerprint density at radius 2 is 1.07 bits per heavy atom. The van der Waals surface area contributed by atoms with Gasteiger partial charge in [0.05, 0.1) is 0 Å². The predicted molar refractivity (Wildman–Crippen MR) is 105 cm³/mol. The highest BCUT2D eigenvalue weighted by Crippen LogP contribution is 2.09. The number of benzene rings is 3. The fourth-order valence-corrected chi connectivity index (χ4v) is 2.36. The van der Waals surface area contributed by atoms with Gasteiger partial charge in [0.15, 0.2) is 0 Å². The number of nitrogens with one attached hydrogen (secondary N) is 2. The van der Waals surface area contributed by atoms with Crippen LogP contribution in [0.4, 0.5) is 0 Å². The average molecular weight is 375 g/mol. The highest BCUT2D eigenvalue weighted by molar-refractivity contribution is 6.30. The van der Waals surface area contributed by atoms with Gasteiger partial charge in [0, 0.05) is 27.3 Å². The van der Waals surface area contributed by atoms with Gasteiger partial charge in [-0.25, -0.2) is 0 Å². The Kier molecular flexibility index (Phi) is 5.88. The average Bonchev–Trinajstić information content (AvgIpc) is 2.72. The maximum Gasteiger partial charge on any atom is 0.269 e. The minimum absolute atomic E-state index is 0.395. The van der Waals surface area contributed by atoms with Crippen molar-refractivity contribution in [2.45, 2.75) is 0 Å². The number of halogens is 1. The molecule has 2 N–H and O–H groups in total. The predicted octanol–water partition coefficient (Wildman–Crippen LogP) is 3.81. The molecule has 0 heterocycles. The van der Waals surface area contributed by atoms with Crippen molar-refractivity contribution in [3.05, 3.63) is 106 Å². The lowest BCUT2D eigenvalue weighted by Crippen LogP contribution is -2.41. The first-order valence-corrected chi connectivity index (χ1v) is 8.53. The van der Waals surface area contributed by atoms with Gasteiger partial charge in [-0.1, -0.05) is 41.6 Å². The monoisotopic (exact) mass is 374 g/mol. The van der Waals surface area contributed by atoms with Gasteiger partial charge in [0.25, 0.3) is 11.8 Å². The van der Waals surface area contributed by atoms with E-state index in [1.54, 1.807) is 48.5 Å². The zero-order chi connectivity index (χ0) is 19.1. The van der Waals surface area contributed by atoms with E-state index in [1.165, 1.54) is 0 Å². The van der Waals surface area contributed by atoms with Gasteiger partial charge in [0.2, 0.25) is 0 Å². The fourth-order valence-electron chi connectivity index (χ4n) is 2.23. The SMILES string of the molecule is O=C(NNC(=O)c1ccc(C#Cc2ccccc2)cc1)c1ccc(Cl)cc1. The molecule has 3 aromatic carbocycles. The van der Waals surface area contributed by atoms with Crippen molar-refractivity contribution in [1.82, 2.24) is 10.9 Å². The summed E-state index contributed by atoms with van der Waals surface area (Å²) in [5.74, 6) is 5.25. The van der Waals surface area contributed by atoms with Gasteiger partial charge in [-0.15, -0.1) is 0 Å². The summed E-state index contributed by atoms with van der Waals surface area (Å²) < 4.78 is 0. The van der Waals surface area contributed by atoms with Gasteiger partial charge in [-0.05, 0) is 60.7 Å². The molecular formula is C22H15ClN2O2. The van der Waals surface area contributed by atoms with Gasteiger partial charge < -0.3 is 0 Å². The fraction of sp³-hybridized carbons (Fsp3) is 0. The molecule has 2 amide bonds. The normalized spacial score (nSPS) is 9.67. The van der Waals surface area contributed by atoms with E-state index >= 15 is 0 Å². The van der Waals surface area contributed by atoms with Crippen LogP contribution in [0.25, 0.3) is 0 Å². The van der Waals surface area contributed by atoms with Crippen molar-refractivity contribution in [3.8, 4) is 11.8 Å². The number of amides is 2. The van der Waals surface area contributed by atoms with Crippen LogP contribution in [0, 0.1) is 11.8 Å². The van der Waals surface area contributed by atoms with E-state index in [-0.39, 0.29) is 0 Å². The van der Waals surface area contributed by atoms with E-state index in [4.69, 9.17) is 11.6 Å². The Balaban J connectivity index is 1.58. The molecule has 4 nitrogen and oxygen atoms in total. The van der Waals surface area contributed by atoms with Crippen molar-refractivity contribution >= 4 is 23.4 Å². The molecule has 3 rings (SSSR count). The highest BCUT2D eigenvalue weighted by Gasteiger charge is 2.08. The topological polar surface area (TPSA) is 58.2 Å². The van der Waals surface area contributed by atoms with Crippen LogP contribution in [0.3, 0.4) is 0 Å². The van der Waals surface area contributed by atoms with E-state index in [0.717, 1.165) is 11.1 Å². The van der Waals surface area contributed by atoms with Crippen molar-refractivity contribution in [2.24, 2.45) is 0 Å². The van der Waals surface area contributed by atoms with Crippen LogP contribution < -0.4 is 10.9 Å². The van der Waals surface area contributed by atoms with Crippen molar-refractivity contribution in [1.29, 1.82) is 0 Å². The van der Waals surface area contributed by atoms with Gasteiger partial charge in [-0.3, -0.25) is 20.4 Å². The van der Waals surface area contributed by atoms with Crippen LogP contribution in [0.1, 0.15) is 31.8 Å². The Hall–Kier alpha value is -3.55. The third-order valence-electron chi connectivity index (χ3n) is 3.67. The first kappa shape index (κ1) is 18.2. The van der Waals surface area contributed by atoms with Crippen molar-refractivity contribution < 1.29 is 9.59 Å². The Morgan fingerprint density at radius 3 is 1.59 bits per heavy atom. The number of hydrogen-bond donors (Lipinski definition) is 2. The molecule has 0 aliphatic heterocycles. The second-order valence-electron chi connectivity index (χ2n) is 5.61. The second kappa shape index (κ2) is 8.70. The molecule has 0 radical (unpaired) electrons. The summed E-state index contributed by atoms with van der Waals surface area (Å²) in [4.78, 5) is 24.1. The summed E-state index contributed by atoms with van der Waals surface area (Å²) in [6, 6.07) is 22.8. The van der Waals surface area contributed by atoms with E-state index in [1.807, 2.05) is 30.3 Å². The molecule has 132 valence electrons. The van der Waals surface area contributed by atoms with E-state index in [2.05, 4.69) is 22.7 Å². The number of carbonyl (C=O) groups is 2. The van der Waals surface area contributed by atoms with Crippen LogP contribution in [0.5, 0.6) is 0 Å². The smallest absolute Gasteiger partial charge is 0.267 e. The quantitative estimate of drug-likeness (QED) is 0.529. The van der Waals surface area contributed by atoms with Gasteiger partial charge in [-0.2, -0.15) is 0 Å². The zero-order valence-electron chi connectivity index (χ0n) is 14.2. The lowest BCUT2D eigenvalue weighted by molar-refractivity contribution is 0.0846. The first-order chi connectivity index (χ1) is 13.1. The summed E-state index contributed by atoms with van der Waals surface area (Å²) in [5, 5.41) is 0.533. The summed E-state index contributed by atoms with van der Waals surface area (Å²) >= 11 is 5.78. The van der Waals surface area contributed by atoms with Crippen LogP contribution in [-0.2, 0) is 0 Å². The molecule has 0 bridgehead atoms. The Morgan fingerprint density at radius 1 is 0.630 bits per heavy atom. The standard InChI is InChI=1S/C22H15ClN2O2/c23-20-14-12-19(13-15-20)22(27)25-24-21(26)18-10-8-17(9-11-18)7-6-16-4-2-1-3-5-16/h1-5,8-15H,(H,24,26)(H,25,27). The number of rotatable bonds is 2. The van der Waals surface area contributed by atoms with Crippen molar-refractivity contribution in [2.75, 3.05) is 0 Å². The minimum Gasteiger partial charge on any atom is -0.267 e. The molecule has 0 aliphatic carbocycles. The van der Waals surface area contributed by atoms with E-state index in [9.17, 15) is 9.59 Å². The third-order valence-corrected chi connectivity index (χ3v) is 3.92. The Labute approximate surface area is 162 Å². The summed E-state index contributed by atoms with van der Waals surface area (Å²) in [5.41, 5.74) is 7.27. The molecule has 5 heteroatoms. The zero-order valence-corrected chi connectivity index (χ0v) is 15.0. The van der Waals surface area contributed by atoms with Gasteiger partial charge >= 0.3 is 0 Å². The van der Waals surface area contributed by atoms with E-state index < -0.39 is 11.8 Å². The largest absolute Gasteiger partial charge is 0.269 e. The molecule has 0 saturated heterocycles. The summed E-state index contributed by atoms with van der Waals surface area (Å²) in [6.07, 6.45) is 0. The summed E-state index contributed by atoms with van der Waals surface area (Å²) in [7, 11) is 0. The Bertz CT molecular complexity index is 1000. The summed E-state index contributed by atoms with van der Waals surface area (Å²) in [6.45, 7) is 0. The molecule has 0 aliphatic rings. The number of hydrazine groups is 1. The molecule has 0 spiro atoms. The lowest BCUT2D eigenvalue weighted by Gasteiger charge is -2.07. The lowest BCUT2D eigenvalue weighted by atomic mass is 10.1. The van der Waals surface area contributed by atoms with Gasteiger partial charge in [0.1, 0.15) is 0 Å². The van der Waals surface area contributed by atoms with Crippen molar-refractivity contribution in [3.63, 3.8) is 0 Å².